The molecule has 0 saturated heterocycles. The lowest BCUT2D eigenvalue weighted by atomic mass is 10.1. The topological polar surface area (TPSA) is 49.4 Å². The highest BCUT2D eigenvalue weighted by molar-refractivity contribution is 7.90. The Morgan fingerprint density at radius 2 is 2.12 bits per heavy atom. The van der Waals surface area contributed by atoms with Crippen LogP contribution in [0.3, 0.4) is 0 Å². The highest BCUT2D eigenvalue weighted by Gasteiger charge is 2.22. The van der Waals surface area contributed by atoms with Crippen molar-refractivity contribution in [2.45, 2.75) is 13.0 Å². The molecule has 94 valence electrons. The van der Waals surface area contributed by atoms with Crippen LogP contribution in [-0.2, 0) is 9.84 Å². The molecule has 1 unspecified atom stereocenters. The first-order valence-corrected chi connectivity index (χ1v) is 7.81. The zero-order valence-corrected chi connectivity index (χ0v) is 11.0. The van der Waals surface area contributed by atoms with Gasteiger partial charge in [-0.3, -0.25) is 0 Å². The number of nitrogens with zero attached hydrogens (tertiary/aromatic N) is 1. The third-order valence-corrected chi connectivity index (χ3v) is 3.96. The molecule has 0 aliphatic carbocycles. The minimum Gasteiger partial charge on any atom is -0.381 e. The highest BCUT2D eigenvalue weighted by atomic mass is 32.2. The van der Waals surface area contributed by atoms with Crippen LogP contribution < -0.4 is 10.2 Å². The van der Waals surface area contributed by atoms with E-state index in [0.717, 1.165) is 17.9 Å². The Morgan fingerprint density at radius 3 is 2.82 bits per heavy atom. The lowest BCUT2D eigenvalue weighted by molar-refractivity contribution is 0.595. The van der Waals surface area contributed by atoms with E-state index in [-0.39, 0.29) is 5.75 Å². The van der Waals surface area contributed by atoms with Crippen molar-refractivity contribution in [1.82, 2.24) is 0 Å². The number of benzene rings is 1. The fourth-order valence-corrected chi connectivity index (χ4v) is 2.61. The van der Waals surface area contributed by atoms with Crippen LogP contribution in [0.25, 0.3) is 0 Å². The first kappa shape index (κ1) is 12.2. The van der Waals surface area contributed by atoms with Gasteiger partial charge in [-0.25, -0.2) is 8.42 Å². The fraction of sp³-hybridized carbons (Fsp3) is 0.500. The third-order valence-electron chi connectivity index (χ3n) is 3.04. The zero-order chi connectivity index (χ0) is 12.5. The standard InChI is InChI=1S/C12H18N2O2S/c1-10-9-13-11-5-3-4-6-12(11)14(10)7-8-17(2,15)16/h3-6,10,13H,7-9H2,1-2H3. The van der Waals surface area contributed by atoms with E-state index in [0.29, 0.717) is 12.6 Å². The number of anilines is 2. The molecule has 2 rings (SSSR count). The van der Waals surface area contributed by atoms with Gasteiger partial charge in [-0.1, -0.05) is 12.1 Å². The minimum atomic E-state index is -2.91. The lowest BCUT2D eigenvalue weighted by Gasteiger charge is -2.37. The van der Waals surface area contributed by atoms with Crippen LogP contribution >= 0.6 is 0 Å². The van der Waals surface area contributed by atoms with Gasteiger partial charge in [0.05, 0.1) is 17.1 Å². The van der Waals surface area contributed by atoms with E-state index in [1.807, 2.05) is 24.3 Å². The summed E-state index contributed by atoms with van der Waals surface area (Å²) in [5.74, 6) is 0.200. The monoisotopic (exact) mass is 254 g/mol. The van der Waals surface area contributed by atoms with Crippen molar-refractivity contribution >= 4 is 21.2 Å². The molecule has 1 heterocycles. The van der Waals surface area contributed by atoms with Gasteiger partial charge >= 0.3 is 0 Å². The van der Waals surface area contributed by atoms with Crippen molar-refractivity contribution in [3.63, 3.8) is 0 Å². The Hall–Kier alpha value is -1.23. The SMILES string of the molecule is CC1CNc2ccccc2N1CCS(C)(=O)=O. The average Bonchev–Trinajstić information content (AvgIpc) is 2.26. The second-order valence-electron chi connectivity index (χ2n) is 4.57. The molecule has 0 bridgehead atoms. The Morgan fingerprint density at radius 1 is 1.41 bits per heavy atom. The van der Waals surface area contributed by atoms with Gasteiger partial charge in [0.2, 0.25) is 0 Å². The minimum absolute atomic E-state index is 0.200. The van der Waals surface area contributed by atoms with Crippen LogP contribution in [0.2, 0.25) is 0 Å². The molecule has 1 N–H and O–H groups in total. The third kappa shape index (κ3) is 2.91. The van der Waals surface area contributed by atoms with Gasteiger partial charge in [0.15, 0.2) is 0 Å². The molecule has 4 nitrogen and oxygen atoms in total. The largest absolute Gasteiger partial charge is 0.381 e. The van der Waals surface area contributed by atoms with Gasteiger partial charge < -0.3 is 10.2 Å². The molecule has 0 amide bonds. The summed E-state index contributed by atoms with van der Waals surface area (Å²) in [6.07, 6.45) is 1.28. The summed E-state index contributed by atoms with van der Waals surface area (Å²) in [4.78, 5) is 2.16. The van der Waals surface area contributed by atoms with Crippen molar-refractivity contribution < 1.29 is 8.42 Å². The maximum atomic E-state index is 11.3. The molecule has 1 aromatic rings. The fourth-order valence-electron chi connectivity index (χ4n) is 2.08. The quantitative estimate of drug-likeness (QED) is 0.884. The van der Waals surface area contributed by atoms with E-state index in [1.54, 1.807) is 0 Å². The van der Waals surface area contributed by atoms with Crippen LogP contribution in [0.5, 0.6) is 0 Å². The van der Waals surface area contributed by atoms with Gasteiger partial charge in [0.1, 0.15) is 9.84 Å². The molecule has 0 spiro atoms. The van der Waals surface area contributed by atoms with Crippen LogP contribution in [0, 0.1) is 0 Å². The summed E-state index contributed by atoms with van der Waals surface area (Å²) in [5.41, 5.74) is 2.18. The molecule has 1 atom stereocenters. The van der Waals surface area contributed by atoms with E-state index in [9.17, 15) is 8.42 Å². The number of para-hydroxylation sites is 2. The van der Waals surface area contributed by atoms with E-state index >= 15 is 0 Å². The summed E-state index contributed by atoms with van der Waals surface area (Å²) in [6, 6.07) is 8.32. The number of sulfone groups is 1. The molecule has 5 heteroatoms. The number of hydrogen-bond donors (Lipinski definition) is 1. The molecular weight excluding hydrogens is 236 g/mol. The normalized spacial score (nSPS) is 19.6. The molecule has 0 fully saturated rings. The van der Waals surface area contributed by atoms with Crippen molar-refractivity contribution in [2.75, 3.05) is 35.3 Å². The first-order chi connectivity index (χ1) is 7.97. The number of nitrogens with one attached hydrogen (secondary N) is 1. The summed E-state index contributed by atoms with van der Waals surface area (Å²) < 4.78 is 22.5. The van der Waals surface area contributed by atoms with E-state index in [4.69, 9.17) is 0 Å². The van der Waals surface area contributed by atoms with Gasteiger partial charge in [-0.15, -0.1) is 0 Å². The molecule has 0 aromatic heterocycles. The first-order valence-electron chi connectivity index (χ1n) is 5.74. The molecule has 17 heavy (non-hydrogen) atoms. The predicted molar refractivity (Wildman–Crippen MR) is 71.5 cm³/mol. The zero-order valence-electron chi connectivity index (χ0n) is 10.2. The number of rotatable bonds is 3. The van der Waals surface area contributed by atoms with Crippen LogP contribution in [0.15, 0.2) is 24.3 Å². The Balaban J connectivity index is 2.21. The molecule has 0 saturated carbocycles. The summed E-state index contributed by atoms with van der Waals surface area (Å²) >= 11 is 0. The Kier molecular flexibility index (Phi) is 3.28. The summed E-state index contributed by atoms with van der Waals surface area (Å²) in [6.45, 7) is 3.50. The molecular formula is C12H18N2O2S. The maximum Gasteiger partial charge on any atom is 0.149 e. The van der Waals surface area contributed by atoms with E-state index in [2.05, 4.69) is 17.1 Å². The molecule has 1 aliphatic heterocycles. The van der Waals surface area contributed by atoms with Gasteiger partial charge in [-0.05, 0) is 19.1 Å². The summed E-state index contributed by atoms with van der Waals surface area (Å²) in [7, 11) is -2.91. The van der Waals surface area contributed by atoms with Gasteiger partial charge in [0.25, 0.3) is 0 Å². The van der Waals surface area contributed by atoms with Crippen LogP contribution in [-0.4, -0.2) is 39.6 Å². The van der Waals surface area contributed by atoms with E-state index < -0.39 is 9.84 Å². The second kappa shape index (κ2) is 4.56. The number of hydrogen-bond acceptors (Lipinski definition) is 4. The average molecular weight is 254 g/mol. The maximum absolute atomic E-state index is 11.3. The molecule has 1 aliphatic rings. The van der Waals surface area contributed by atoms with Crippen molar-refractivity contribution in [1.29, 1.82) is 0 Å². The molecule has 1 aromatic carbocycles. The summed E-state index contributed by atoms with van der Waals surface area (Å²) in [5, 5.41) is 3.35. The Bertz CT molecular complexity index is 499. The predicted octanol–water partition coefficient (Wildman–Crippen LogP) is 1.35. The van der Waals surface area contributed by atoms with E-state index in [1.165, 1.54) is 6.26 Å². The van der Waals surface area contributed by atoms with Crippen molar-refractivity contribution in [2.24, 2.45) is 0 Å². The van der Waals surface area contributed by atoms with Crippen LogP contribution in [0.4, 0.5) is 11.4 Å². The van der Waals surface area contributed by atoms with Crippen molar-refractivity contribution in [3.05, 3.63) is 24.3 Å². The second-order valence-corrected chi connectivity index (χ2v) is 6.83. The van der Waals surface area contributed by atoms with Crippen LogP contribution in [0.1, 0.15) is 6.92 Å². The molecule has 0 radical (unpaired) electrons. The van der Waals surface area contributed by atoms with Gasteiger partial charge in [-0.2, -0.15) is 0 Å². The highest BCUT2D eigenvalue weighted by Crippen LogP contribution is 2.30. The van der Waals surface area contributed by atoms with Gasteiger partial charge in [0, 0.05) is 25.4 Å². The Labute approximate surface area is 103 Å². The lowest BCUT2D eigenvalue weighted by Crippen LogP contribution is -2.44. The van der Waals surface area contributed by atoms with Crippen molar-refractivity contribution in [3.8, 4) is 0 Å². The number of fused-ring (bicyclic) bond motifs is 1. The smallest absolute Gasteiger partial charge is 0.149 e.